The molecular weight excluding hydrogens is 291 g/mol. The van der Waals surface area contributed by atoms with E-state index in [1.807, 2.05) is 36.5 Å². The van der Waals surface area contributed by atoms with Gasteiger partial charge >= 0.3 is 0 Å². The molecule has 1 unspecified atom stereocenters. The highest BCUT2D eigenvalue weighted by Gasteiger charge is 2.14. The van der Waals surface area contributed by atoms with Crippen molar-refractivity contribution in [2.75, 3.05) is 6.61 Å². The van der Waals surface area contributed by atoms with Crippen LogP contribution < -0.4 is 0 Å². The number of rotatable bonds is 7. The van der Waals surface area contributed by atoms with Crippen molar-refractivity contribution in [1.82, 2.24) is 9.97 Å². The number of aromatic amines is 1. The van der Waals surface area contributed by atoms with E-state index in [9.17, 15) is 4.39 Å². The predicted octanol–water partition coefficient (Wildman–Crippen LogP) is 4.29. The van der Waals surface area contributed by atoms with E-state index in [2.05, 4.69) is 9.97 Å². The van der Waals surface area contributed by atoms with Gasteiger partial charge in [0.05, 0.1) is 6.33 Å². The van der Waals surface area contributed by atoms with Gasteiger partial charge in [0.1, 0.15) is 11.9 Å². The van der Waals surface area contributed by atoms with Crippen molar-refractivity contribution in [3.8, 4) is 0 Å². The molecule has 4 heteroatoms. The summed E-state index contributed by atoms with van der Waals surface area (Å²) in [6, 6.07) is 16.5. The molecule has 0 bridgehead atoms. The average molecular weight is 310 g/mol. The second-order valence-corrected chi connectivity index (χ2v) is 5.39. The molecule has 0 spiro atoms. The Kier molecular flexibility index (Phi) is 5.17. The molecule has 1 aromatic heterocycles. The van der Waals surface area contributed by atoms with E-state index in [0.717, 1.165) is 29.7 Å². The second kappa shape index (κ2) is 7.70. The van der Waals surface area contributed by atoms with E-state index in [-0.39, 0.29) is 11.9 Å². The van der Waals surface area contributed by atoms with Crippen molar-refractivity contribution < 1.29 is 9.13 Å². The number of aromatic nitrogens is 2. The van der Waals surface area contributed by atoms with Crippen molar-refractivity contribution in [3.63, 3.8) is 0 Å². The topological polar surface area (TPSA) is 37.9 Å². The number of nitrogens with zero attached hydrogens (tertiary/aromatic N) is 1. The first-order valence-electron chi connectivity index (χ1n) is 7.72. The Labute approximate surface area is 135 Å². The lowest BCUT2D eigenvalue weighted by Gasteiger charge is -2.19. The van der Waals surface area contributed by atoms with Gasteiger partial charge in [0.15, 0.2) is 0 Å². The van der Waals surface area contributed by atoms with Crippen LogP contribution in [0.15, 0.2) is 67.1 Å². The maximum atomic E-state index is 13.2. The summed E-state index contributed by atoms with van der Waals surface area (Å²) in [4.78, 5) is 7.09. The van der Waals surface area contributed by atoms with Gasteiger partial charge in [-0.25, -0.2) is 9.37 Å². The van der Waals surface area contributed by atoms with Crippen LogP contribution >= 0.6 is 0 Å². The normalized spacial score (nSPS) is 12.2. The third-order valence-electron chi connectivity index (χ3n) is 3.70. The van der Waals surface area contributed by atoms with Crippen LogP contribution in [0.4, 0.5) is 4.39 Å². The Morgan fingerprint density at radius 3 is 2.43 bits per heavy atom. The fourth-order valence-electron chi connectivity index (χ4n) is 2.54. The van der Waals surface area contributed by atoms with Crippen LogP contribution in [0.2, 0.25) is 0 Å². The number of H-pyrrole nitrogens is 1. The summed E-state index contributed by atoms with van der Waals surface area (Å²) in [7, 11) is 0. The van der Waals surface area contributed by atoms with E-state index in [4.69, 9.17) is 4.74 Å². The molecular formula is C19H19FN2O. The van der Waals surface area contributed by atoms with Crippen LogP contribution in [-0.2, 0) is 11.2 Å². The van der Waals surface area contributed by atoms with Gasteiger partial charge in [-0.15, -0.1) is 0 Å². The van der Waals surface area contributed by atoms with Gasteiger partial charge in [0, 0.05) is 18.5 Å². The fourth-order valence-corrected chi connectivity index (χ4v) is 2.54. The van der Waals surface area contributed by atoms with E-state index in [1.165, 1.54) is 12.1 Å². The van der Waals surface area contributed by atoms with Gasteiger partial charge in [-0.2, -0.15) is 0 Å². The molecule has 0 fully saturated rings. The van der Waals surface area contributed by atoms with Crippen LogP contribution in [0.3, 0.4) is 0 Å². The molecule has 3 nitrogen and oxygen atoms in total. The molecule has 3 aromatic rings. The molecule has 0 saturated heterocycles. The Bertz CT molecular complexity index is 696. The first-order valence-corrected chi connectivity index (χ1v) is 7.72. The van der Waals surface area contributed by atoms with Crippen molar-refractivity contribution >= 4 is 0 Å². The summed E-state index contributed by atoms with van der Waals surface area (Å²) in [6.07, 6.45) is 5.12. The van der Waals surface area contributed by atoms with Gasteiger partial charge in [0.2, 0.25) is 0 Å². The molecule has 0 aliphatic heterocycles. The van der Waals surface area contributed by atoms with Crippen molar-refractivity contribution in [2.45, 2.75) is 18.9 Å². The van der Waals surface area contributed by atoms with Gasteiger partial charge in [-0.05, 0) is 36.1 Å². The standard InChI is InChI=1S/C19H19FN2O/c20-17-10-8-16(9-11-17)19(15-5-2-1-3-6-15)23-12-4-7-18-13-21-14-22-18/h1-3,5-6,8-11,13-14,19H,4,7,12H2,(H,21,22). The lowest BCUT2D eigenvalue weighted by atomic mass is 10.0. The summed E-state index contributed by atoms with van der Waals surface area (Å²) in [5.41, 5.74) is 3.13. The smallest absolute Gasteiger partial charge is 0.123 e. The minimum atomic E-state index is -0.236. The van der Waals surface area contributed by atoms with E-state index >= 15 is 0 Å². The van der Waals surface area contributed by atoms with E-state index in [1.54, 1.807) is 18.5 Å². The number of hydrogen-bond donors (Lipinski definition) is 1. The Balaban J connectivity index is 1.67. The molecule has 1 heterocycles. The number of imidazole rings is 1. The van der Waals surface area contributed by atoms with Crippen LogP contribution in [0.25, 0.3) is 0 Å². The average Bonchev–Trinajstić information content (AvgIpc) is 3.10. The largest absolute Gasteiger partial charge is 0.369 e. The molecule has 118 valence electrons. The highest BCUT2D eigenvalue weighted by Crippen LogP contribution is 2.26. The van der Waals surface area contributed by atoms with Gasteiger partial charge in [0.25, 0.3) is 0 Å². The monoisotopic (exact) mass is 310 g/mol. The first kappa shape index (κ1) is 15.4. The van der Waals surface area contributed by atoms with Crippen molar-refractivity contribution in [3.05, 3.63) is 89.8 Å². The number of hydrogen-bond acceptors (Lipinski definition) is 2. The van der Waals surface area contributed by atoms with Crippen LogP contribution in [0, 0.1) is 5.82 Å². The number of benzene rings is 2. The maximum absolute atomic E-state index is 13.2. The molecule has 0 radical (unpaired) electrons. The number of nitrogens with one attached hydrogen (secondary N) is 1. The van der Waals surface area contributed by atoms with E-state index in [0.29, 0.717) is 6.61 Å². The molecule has 23 heavy (non-hydrogen) atoms. The molecule has 0 saturated carbocycles. The summed E-state index contributed by atoms with van der Waals surface area (Å²) in [5, 5.41) is 0. The minimum absolute atomic E-state index is 0.182. The first-order chi connectivity index (χ1) is 11.3. The lowest BCUT2D eigenvalue weighted by molar-refractivity contribution is 0.0782. The quantitative estimate of drug-likeness (QED) is 0.661. The van der Waals surface area contributed by atoms with Gasteiger partial charge in [-0.1, -0.05) is 42.5 Å². The zero-order valence-corrected chi connectivity index (χ0v) is 12.8. The Morgan fingerprint density at radius 2 is 1.74 bits per heavy atom. The third-order valence-corrected chi connectivity index (χ3v) is 3.70. The molecule has 1 atom stereocenters. The zero-order valence-electron chi connectivity index (χ0n) is 12.8. The molecule has 0 aliphatic carbocycles. The van der Waals surface area contributed by atoms with E-state index < -0.39 is 0 Å². The van der Waals surface area contributed by atoms with Crippen LogP contribution in [0.1, 0.15) is 29.3 Å². The second-order valence-electron chi connectivity index (χ2n) is 5.39. The maximum Gasteiger partial charge on any atom is 0.123 e. The summed E-state index contributed by atoms with van der Waals surface area (Å²) in [6.45, 7) is 0.621. The minimum Gasteiger partial charge on any atom is -0.369 e. The SMILES string of the molecule is Fc1ccc(C(OCCCc2cnc[nH]2)c2ccccc2)cc1. The van der Waals surface area contributed by atoms with Crippen molar-refractivity contribution in [2.24, 2.45) is 0 Å². The number of halogens is 1. The highest BCUT2D eigenvalue weighted by molar-refractivity contribution is 5.30. The van der Waals surface area contributed by atoms with Crippen LogP contribution in [-0.4, -0.2) is 16.6 Å². The molecule has 0 amide bonds. The summed E-state index contributed by atoms with van der Waals surface area (Å²) >= 11 is 0. The Hall–Kier alpha value is -2.46. The third kappa shape index (κ3) is 4.27. The Morgan fingerprint density at radius 1 is 1.00 bits per heavy atom. The highest BCUT2D eigenvalue weighted by atomic mass is 19.1. The number of aryl methyl sites for hydroxylation is 1. The fraction of sp³-hybridized carbons (Fsp3) is 0.211. The lowest BCUT2D eigenvalue weighted by Crippen LogP contribution is -2.08. The summed E-state index contributed by atoms with van der Waals surface area (Å²) in [5.74, 6) is -0.236. The van der Waals surface area contributed by atoms with Crippen molar-refractivity contribution in [1.29, 1.82) is 0 Å². The molecule has 3 rings (SSSR count). The van der Waals surface area contributed by atoms with Crippen LogP contribution in [0.5, 0.6) is 0 Å². The van der Waals surface area contributed by atoms with Gasteiger partial charge in [-0.3, -0.25) is 0 Å². The molecule has 1 N–H and O–H groups in total. The zero-order chi connectivity index (χ0) is 15.9. The number of ether oxygens (including phenoxy) is 1. The predicted molar refractivity (Wildman–Crippen MR) is 87.5 cm³/mol. The molecule has 0 aliphatic rings. The summed E-state index contributed by atoms with van der Waals surface area (Å²) < 4.78 is 19.3. The van der Waals surface area contributed by atoms with Gasteiger partial charge < -0.3 is 9.72 Å². The molecule has 2 aromatic carbocycles.